The van der Waals surface area contributed by atoms with Crippen molar-refractivity contribution in [3.63, 3.8) is 0 Å². The number of esters is 7. The molecule has 0 bridgehead atoms. The van der Waals surface area contributed by atoms with Gasteiger partial charge in [0.1, 0.15) is 37.0 Å². The number of rotatable bonds is 16. The van der Waals surface area contributed by atoms with Crippen LogP contribution in [0.2, 0.25) is 0 Å². The third kappa shape index (κ3) is 13.2. The van der Waals surface area contributed by atoms with Crippen molar-refractivity contribution in [1.29, 1.82) is 0 Å². The maximum Gasteiger partial charge on any atom is 0.338 e. The van der Waals surface area contributed by atoms with E-state index in [1.807, 2.05) is 31.2 Å². The zero-order chi connectivity index (χ0) is 47.3. The van der Waals surface area contributed by atoms with Gasteiger partial charge < -0.3 is 47.4 Å². The van der Waals surface area contributed by atoms with Crippen LogP contribution in [-0.4, -0.2) is 116 Å². The van der Waals surface area contributed by atoms with Crippen molar-refractivity contribution in [2.24, 2.45) is 0 Å². The van der Waals surface area contributed by atoms with E-state index < -0.39 is 116 Å². The molecule has 2 saturated heterocycles. The zero-order valence-corrected chi connectivity index (χ0v) is 37.3. The summed E-state index contributed by atoms with van der Waals surface area (Å²) in [5, 5.41) is 0. The van der Waals surface area contributed by atoms with E-state index in [0.29, 0.717) is 4.90 Å². The van der Waals surface area contributed by atoms with Gasteiger partial charge >= 0.3 is 41.8 Å². The summed E-state index contributed by atoms with van der Waals surface area (Å²) in [6.07, 6.45) is -14.5. The predicted octanol–water partition coefficient (Wildman–Crippen LogP) is 5.59. The smallest absolute Gasteiger partial charge is 0.338 e. The first-order valence-electron chi connectivity index (χ1n) is 20.8. The van der Waals surface area contributed by atoms with Crippen molar-refractivity contribution in [2.75, 3.05) is 13.2 Å². The van der Waals surface area contributed by atoms with E-state index in [9.17, 15) is 33.6 Å². The summed E-state index contributed by atoms with van der Waals surface area (Å²) in [5.74, 6) is -5.91. The predicted molar refractivity (Wildman–Crippen MR) is 231 cm³/mol. The molecule has 2 heterocycles. The number of hydrogen-bond donors (Lipinski definition) is 0. The Morgan fingerprint density at radius 1 is 0.455 bits per heavy atom. The van der Waals surface area contributed by atoms with Crippen LogP contribution in [-0.2, 0) is 66.5 Å². The van der Waals surface area contributed by atoms with Crippen molar-refractivity contribution < 1.29 is 80.9 Å². The fourth-order valence-electron chi connectivity index (χ4n) is 7.08. The van der Waals surface area contributed by atoms with Crippen LogP contribution in [0.3, 0.4) is 0 Å². The number of aryl methyl sites for hydroxylation is 1. The number of carbonyl (C=O) groups is 7. The molecule has 0 aromatic heterocycles. The van der Waals surface area contributed by atoms with Crippen LogP contribution < -0.4 is 0 Å². The first kappa shape index (κ1) is 48.8. The molecule has 0 spiro atoms. The van der Waals surface area contributed by atoms with Crippen LogP contribution in [0.5, 0.6) is 0 Å². The molecule has 17 nitrogen and oxygen atoms in total. The van der Waals surface area contributed by atoms with Crippen LogP contribution in [0, 0.1) is 6.92 Å². The molecule has 18 heteroatoms. The summed E-state index contributed by atoms with van der Waals surface area (Å²) in [7, 11) is 0. The van der Waals surface area contributed by atoms with Gasteiger partial charge in [-0.3, -0.25) is 19.2 Å². The highest BCUT2D eigenvalue weighted by Gasteiger charge is 2.58. The van der Waals surface area contributed by atoms with Crippen LogP contribution >= 0.6 is 11.8 Å². The maximum absolute atomic E-state index is 14.2. The van der Waals surface area contributed by atoms with Gasteiger partial charge in [0, 0.05) is 32.6 Å². The van der Waals surface area contributed by atoms with E-state index in [-0.39, 0.29) is 16.7 Å². The van der Waals surface area contributed by atoms with Crippen molar-refractivity contribution in [1.82, 2.24) is 0 Å². The van der Waals surface area contributed by atoms with Gasteiger partial charge in [0.15, 0.2) is 36.8 Å². The summed E-state index contributed by atoms with van der Waals surface area (Å²) in [4.78, 5) is 92.6. The fourth-order valence-corrected chi connectivity index (χ4v) is 8.19. The molecule has 0 radical (unpaired) electrons. The zero-order valence-electron chi connectivity index (χ0n) is 36.5. The van der Waals surface area contributed by atoms with Gasteiger partial charge in [0.25, 0.3) is 0 Å². The van der Waals surface area contributed by atoms with E-state index >= 15 is 0 Å². The van der Waals surface area contributed by atoms with Crippen LogP contribution in [0.15, 0.2) is 120 Å². The quantitative estimate of drug-likeness (QED) is 0.0990. The monoisotopic (exact) mass is 928 g/mol. The first-order chi connectivity index (χ1) is 31.7. The lowest BCUT2D eigenvalue weighted by Crippen LogP contribution is -2.66. The van der Waals surface area contributed by atoms with E-state index in [1.165, 1.54) is 36.4 Å². The Bertz CT molecular complexity index is 2310. The molecule has 6 rings (SSSR count). The van der Waals surface area contributed by atoms with Crippen molar-refractivity contribution in [3.8, 4) is 0 Å². The SMILES string of the molecule is CC(=O)OC[C@H]1O[C@H](O[C@@H]2[C@H](OC(=O)c3ccccc3)[C@@H](OC(=O)c3ccccc3)[C@H](Sc3ccc(C)cc3)O[C@@H]2COC(=O)c2ccccc2)[C@H](OC(C)=O)[C@@H](OC(C)=O)[C@H]1OC(C)=O. The molecule has 0 N–H and O–H groups in total. The lowest BCUT2D eigenvalue weighted by Gasteiger charge is -2.48. The Morgan fingerprint density at radius 2 is 0.894 bits per heavy atom. The highest BCUT2D eigenvalue weighted by Crippen LogP contribution is 2.40. The highest BCUT2D eigenvalue weighted by atomic mass is 32.2. The Balaban J connectivity index is 1.51. The summed E-state index contributed by atoms with van der Waals surface area (Å²) in [5.41, 5.74) is 0.176. The second-order valence-electron chi connectivity index (χ2n) is 15.1. The highest BCUT2D eigenvalue weighted by molar-refractivity contribution is 7.99. The summed E-state index contributed by atoms with van der Waals surface area (Å²) >= 11 is 1.12. The summed E-state index contributed by atoms with van der Waals surface area (Å²) in [6.45, 7) is 5.05. The van der Waals surface area contributed by atoms with Crippen molar-refractivity contribution in [3.05, 3.63) is 138 Å². The lowest BCUT2D eigenvalue weighted by atomic mass is 9.96. The van der Waals surface area contributed by atoms with Crippen LogP contribution in [0.4, 0.5) is 0 Å². The minimum Gasteiger partial charge on any atom is -0.463 e. The van der Waals surface area contributed by atoms with Gasteiger partial charge in [-0.25, -0.2) is 14.4 Å². The Kier molecular flexibility index (Phi) is 17.0. The minimum atomic E-state index is -1.85. The Morgan fingerprint density at radius 3 is 1.41 bits per heavy atom. The minimum absolute atomic E-state index is 0.0953. The van der Waals surface area contributed by atoms with Gasteiger partial charge in [-0.2, -0.15) is 0 Å². The van der Waals surface area contributed by atoms with Gasteiger partial charge in [0.2, 0.25) is 0 Å². The Hall–Kier alpha value is -6.60. The molecule has 0 unspecified atom stereocenters. The maximum atomic E-state index is 14.2. The van der Waals surface area contributed by atoms with E-state index in [1.54, 1.807) is 54.6 Å². The molecule has 2 aliphatic heterocycles. The normalized spacial score (nSPS) is 24.7. The molecule has 0 amide bonds. The lowest BCUT2D eigenvalue weighted by molar-refractivity contribution is -0.340. The number of ether oxygens (including phenoxy) is 10. The molecular weight excluding hydrogens is 881 g/mol. The van der Waals surface area contributed by atoms with Gasteiger partial charge in [0.05, 0.1) is 16.7 Å². The summed E-state index contributed by atoms with van der Waals surface area (Å²) < 4.78 is 60.3. The van der Waals surface area contributed by atoms with E-state index in [0.717, 1.165) is 45.0 Å². The summed E-state index contributed by atoms with van der Waals surface area (Å²) in [6, 6.07) is 31.4. The van der Waals surface area contributed by atoms with E-state index in [2.05, 4.69) is 0 Å². The molecule has 4 aromatic rings. The first-order valence-corrected chi connectivity index (χ1v) is 21.6. The van der Waals surface area contributed by atoms with Gasteiger partial charge in [-0.15, -0.1) is 0 Å². The van der Waals surface area contributed by atoms with Crippen molar-refractivity contribution >= 4 is 53.5 Å². The molecule has 10 atom stereocenters. The topological polar surface area (TPSA) is 212 Å². The van der Waals surface area contributed by atoms with Gasteiger partial charge in [-0.1, -0.05) is 84.1 Å². The number of carbonyl (C=O) groups excluding carboxylic acids is 7. The second kappa shape index (κ2) is 23.0. The molecule has 0 saturated carbocycles. The second-order valence-corrected chi connectivity index (χ2v) is 16.3. The van der Waals surface area contributed by atoms with Crippen LogP contribution in [0.25, 0.3) is 0 Å². The molecule has 2 aliphatic rings. The molecule has 66 heavy (non-hydrogen) atoms. The van der Waals surface area contributed by atoms with Crippen LogP contribution in [0.1, 0.15) is 64.3 Å². The standard InChI is InChI=1S/C48H48O17S/c1-27-21-23-35(24-22-27)66-48-43(64-46(55)34-19-13-8-14-20-34)41(63-45(54)33-17-11-7-12-18-33)39(37(62-48)26-57-44(53)32-15-9-6-10-16-32)65-47-42(60-31(5)52)40(59-30(4)51)38(58-29(3)50)36(61-47)25-56-28(2)49/h6-24,36-43,47-48H,25-26H2,1-5H3/t36-,37-,38+,39+,40+,41+,42-,43-,47-,48+/m1/s1. The number of thioether (sulfide) groups is 1. The average Bonchev–Trinajstić information content (AvgIpc) is 3.29. The Labute approximate surface area is 384 Å². The largest absolute Gasteiger partial charge is 0.463 e. The van der Waals surface area contributed by atoms with Gasteiger partial charge in [-0.05, 0) is 55.5 Å². The fraction of sp³-hybridized carbons (Fsp3) is 0.354. The molecule has 0 aliphatic carbocycles. The number of benzene rings is 4. The third-order valence-electron chi connectivity index (χ3n) is 10.00. The number of hydrogen-bond acceptors (Lipinski definition) is 18. The molecule has 4 aromatic carbocycles. The van der Waals surface area contributed by atoms with E-state index in [4.69, 9.17) is 47.4 Å². The van der Waals surface area contributed by atoms with Crippen molar-refractivity contribution in [2.45, 2.75) is 100 Å². The average molecular weight is 929 g/mol. The molecular formula is C48H48O17S. The molecule has 348 valence electrons. The molecule has 2 fully saturated rings. The third-order valence-corrected chi connectivity index (χ3v) is 11.2.